The van der Waals surface area contributed by atoms with Crippen molar-refractivity contribution in [3.05, 3.63) is 58.1 Å². The highest BCUT2D eigenvalue weighted by Crippen LogP contribution is 2.32. The van der Waals surface area contributed by atoms with E-state index in [0.29, 0.717) is 30.4 Å². The molecule has 0 fully saturated rings. The lowest BCUT2D eigenvalue weighted by atomic mass is 9.93. The third-order valence-corrected chi connectivity index (χ3v) is 4.97. The second-order valence-electron chi connectivity index (χ2n) is 7.30. The number of halogens is 1. The fourth-order valence-electron chi connectivity index (χ4n) is 3.16. The molecule has 1 unspecified atom stereocenters. The highest BCUT2D eigenvalue weighted by molar-refractivity contribution is 6.30. The molecular weight excluding hydrogens is 374 g/mol. The van der Waals surface area contributed by atoms with Crippen LogP contribution >= 0.6 is 11.6 Å². The number of amides is 1. The number of methoxy groups -OCH3 is 1. The van der Waals surface area contributed by atoms with Gasteiger partial charge in [0.15, 0.2) is 0 Å². The van der Waals surface area contributed by atoms with E-state index >= 15 is 0 Å². The van der Waals surface area contributed by atoms with Crippen LogP contribution in [0.4, 0.5) is 0 Å². The molecule has 0 saturated carbocycles. The third-order valence-electron chi connectivity index (χ3n) is 4.71. The molecule has 1 atom stereocenters. The van der Waals surface area contributed by atoms with Crippen molar-refractivity contribution >= 4 is 17.5 Å². The predicted molar refractivity (Wildman–Crippen MR) is 115 cm³/mol. The van der Waals surface area contributed by atoms with Gasteiger partial charge in [-0.1, -0.05) is 25.4 Å². The lowest BCUT2D eigenvalue weighted by Crippen LogP contribution is -2.27. The average molecular weight is 404 g/mol. The number of carbonyl (C=O) groups excluding carboxylic acids is 1. The van der Waals surface area contributed by atoms with Gasteiger partial charge in [0.2, 0.25) is 5.91 Å². The second kappa shape index (κ2) is 10.4. The minimum Gasteiger partial charge on any atom is -0.496 e. The van der Waals surface area contributed by atoms with Crippen molar-refractivity contribution in [1.82, 2.24) is 5.32 Å². The molecular formula is C23H30ClNO3. The molecule has 0 bridgehead atoms. The summed E-state index contributed by atoms with van der Waals surface area (Å²) in [4.78, 5) is 12.3. The molecule has 2 aromatic carbocycles. The normalized spacial score (nSPS) is 12.0. The number of nitrogens with one attached hydrogen (secondary N) is 1. The summed E-state index contributed by atoms with van der Waals surface area (Å²) in [6, 6.07) is 11.3. The second-order valence-corrected chi connectivity index (χ2v) is 7.74. The Labute approximate surface area is 173 Å². The standard InChI is InChI=1S/C23H30ClNO3/c1-15(2)20-14-21(16(3)13-22(20)27-5)17(4)25-23(26)7-6-12-28-19-10-8-18(24)9-11-19/h8-11,13-15,17H,6-7,12H2,1-5H3,(H,25,26). The van der Waals surface area contributed by atoms with Crippen LogP contribution in [0.2, 0.25) is 5.02 Å². The number of benzene rings is 2. The van der Waals surface area contributed by atoms with Crippen LogP contribution < -0.4 is 14.8 Å². The molecule has 1 amide bonds. The Kier molecular flexibility index (Phi) is 8.18. The summed E-state index contributed by atoms with van der Waals surface area (Å²) in [5.41, 5.74) is 3.39. The molecule has 28 heavy (non-hydrogen) atoms. The molecule has 0 heterocycles. The van der Waals surface area contributed by atoms with Crippen LogP contribution in [-0.2, 0) is 4.79 Å². The maximum absolute atomic E-state index is 12.3. The lowest BCUT2D eigenvalue weighted by molar-refractivity contribution is -0.121. The molecule has 0 saturated heterocycles. The first kappa shape index (κ1) is 22.1. The summed E-state index contributed by atoms with van der Waals surface area (Å²) in [6.07, 6.45) is 1.07. The number of hydrogen-bond donors (Lipinski definition) is 1. The summed E-state index contributed by atoms with van der Waals surface area (Å²) in [5, 5.41) is 3.77. The van der Waals surface area contributed by atoms with Gasteiger partial charge in [-0.2, -0.15) is 0 Å². The molecule has 0 radical (unpaired) electrons. The molecule has 0 aliphatic heterocycles. The SMILES string of the molecule is COc1cc(C)c(C(C)NC(=O)CCCOc2ccc(Cl)cc2)cc1C(C)C. The van der Waals surface area contributed by atoms with Crippen molar-refractivity contribution in [2.45, 2.75) is 52.5 Å². The van der Waals surface area contributed by atoms with E-state index in [1.807, 2.05) is 32.0 Å². The monoisotopic (exact) mass is 403 g/mol. The Bertz CT molecular complexity index is 787. The van der Waals surface area contributed by atoms with E-state index in [4.69, 9.17) is 21.1 Å². The van der Waals surface area contributed by atoms with Crippen LogP contribution in [0.15, 0.2) is 36.4 Å². The van der Waals surface area contributed by atoms with Crippen molar-refractivity contribution < 1.29 is 14.3 Å². The van der Waals surface area contributed by atoms with E-state index in [1.54, 1.807) is 19.2 Å². The Morgan fingerprint density at radius 1 is 1.11 bits per heavy atom. The van der Waals surface area contributed by atoms with Crippen LogP contribution in [-0.4, -0.2) is 19.6 Å². The number of rotatable bonds is 9. The maximum atomic E-state index is 12.3. The maximum Gasteiger partial charge on any atom is 0.220 e. The molecule has 5 heteroatoms. The highest BCUT2D eigenvalue weighted by atomic mass is 35.5. The average Bonchev–Trinajstić information content (AvgIpc) is 2.65. The first-order valence-electron chi connectivity index (χ1n) is 9.68. The number of hydrogen-bond acceptors (Lipinski definition) is 3. The molecule has 2 aromatic rings. The molecule has 2 rings (SSSR count). The minimum atomic E-state index is -0.0620. The van der Waals surface area contributed by atoms with Crippen LogP contribution in [0.5, 0.6) is 11.5 Å². The minimum absolute atomic E-state index is 0.0218. The van der Waals surface area contributed by atoms with Gasteiger partial charge in [-0.15, -0.1) is 0 Å². The molecule has 152 valence electrons. The zero-order valence-corrected chi connectivity index (χ0v) is 18.1. The first-order valence-corrected chi connectivity index (χ1v) is 10.1. The van der Waals surface area contributed by atoms with Gasteiger partial charge < -0.3 is 14.8 Å². The predicted octanol–water partition coefficient (Wildman–Crippen LogP) is 5.82. The smallest absolute Gasteiger partial charge is 0.220 e. The van der Waals surface area contributed by atoms with E-state index in [0.717, 1.165) is 28.2 Å². The van der Waals surface area contributed by atoms with Gasteiger partial charge in [0.25, 0.3) is 0 Å². The molecule has 0 aromatic heterocycles. The van der Waals surface area contributed by atoms with Crippen LogP contribution in [0.1, 0.15) is 62.3 Å². The highest BCUT2D eigenvalue weighted by Gasteiger charge is 2.16. The molecule has 0 aliphatic rings. The zero-order valence-electron chi connectivity index (χ0n) is 17.3. The van der Waals surface area contributed by atoms with Gasteiger partial charge >= 0.3 is 0 Å². The van der Waals surface area contributed by atoms with E-state index < -0.39 is 0 Å². The summed E-state index contributed by atoms with van der Waals surface area (Å²) in [5.74, 6) is 2.03. The summed E-state index contributed by atoms with van der Waals surface area (Å²) < 4.78 is 11.1. The Morgan fingerprint density at radius 3 is 2.39 bits per heavy atom. The van der Waals surface area contributed by atoms with E-state index in [-0.39, 0.29) is 11.9 Å². The fourth-order valence-corrected chi connectivity index (χ4v) is 3.28. The van der Waals surface area contributed by atoms with Crippen molar-refractivity contribution in [1.29, 1.82) is 0 Å². The molecule has 1 N–H and O–H groups in total. The zero-order chi connectivity index (χ0) is 20.7. The first-order chi connectivity index (χ1) is 13.3. The van der Waals surface area contributed by atoms with Crippen molar-refractivity contribution in [2.75, 3.05) is 13.7 Å². The Balaban J connectivity index is 1.87. The number of ether oxygens (including phenoxy) is 2. The fraction of sp³-hybridized carbons (Fsp3) is 0.435. The lowest BCUT2D eigenvalue weighted by Gasteiger charge is -2.21. The Hall–Kier alpha value is -2.20. The summed E-state index contributed by atoms with van der Waals surface area (Å²) in [6.45, 7) is 8.83. The van der Waals surface area contributed by atoms with Crippen LogP contribution in [0.25, 0.3) is 0 Å². The van der Waals surface area contributed by atoms with E-state index in [9.17, 15) is 4.79 Å². The van der Waals surface area contributed by atoms with Gasteiger partial charge in [0.05, 0.1) is 19.8 Å². The van der Waals surface area contributed by atoms with E-state index in [2.05, 4.69) is 25.2 Å². The van der Waals surface area contributed by atoms with Crippen molar-refractivity contribution in [3.8, 4) is 11.5 Å². The Morgan fingerprint density at radius 2 is 1.79 bits per heavy atom. The quantitative estimate of drug-likeness (QED) is 0.537. The van der Waals surface area contributed by atoms with Gasteiger partial charge in [-0.3, -0.25) is 4.79 Å². The largest absolute Gasteiger partial charge is 0.496 e. The number of carbonyl (C=O) groups is 1. The van der Waals surface area contributed by atoms with Crippen LogP contribution in [0, 0.1) is 6.92 Å². The van der Waals surface area contributed by atoms with Gasteiger partial charge in [-0.25, -0.2) is 0 Å². The molecule has 0 aliphatic carbocycles. The van der Waals surface area contributed by atoms with E-state index in [1.165, 1.54) is 0 Å². The van der Waals surface area contributed by atoms with Crippen LogP contribution in [0.3, 0.4) is 0 Å². The number of aryl methyl sites for hydroxylation is 1. The third kappa shape index (κ3) is 6.16. The van der Waals surface area contributed by atoms with Gasteiger partial charge in [0, 0.05) is 11.4 Å². The molecule has 4 nitrogen and oxygen atoms in total. The summed E-state index contributed by atoms with van der Waals surface area (Å²) >= 11 is 5.85. The van der Waals surface area contributed by atoms with Gasteiger partial charge in [0.1, 0.15) is 11.5 Å². The van der Waals surface area contributed by atoms with Crippen molar-refractivity contribution in [2.24, 2.45) is 0 Å². The summed E-state index contributed by atoms with van der Waals surface area (Å²) in [7, 11) is 1.69. The van der Waals surface area contributed by atoms with Gasteiger partial charge in [-0.05, 0) is 79.3 Å². The van der Waals surface area contributed by atoms with Crippen molar-refractivity contribution in [3.63, 3.8) is 0 Å². The molecule has 0 spiro atoms. The topological polar surface area (TPSA) is 47.6 Å².